The van der Waals surface area contributed by atoms with E-state index < -0.39 is 11.2 Å². The van der Waals surface area contributed by atoms with Gasteiger partial charge in [0.15, 0.2) is 5.79 Å². The van der Waals surface area contributed by atoms with Crippen LogP contribution in [0.2, 0.25) is 0 Å². The van der Waals surface area contributed by atoms with Crippen molar-refractivity contribution in [2.75, 3.05) is 13.2 Å². The lowest BCUT2D eigenvalue weighted by molar-refractivity contribution is -0.234. The molecule has 4 aliphatic carbocycles. The Morgan fingerprint density at radius 3 is 2.35 bits per heavy atom. The summed E-state index contributed by atoms with van der Waals surface area (Å²) in [6, 6.07) is 0. The lowest BCUT2D eigenvalue weighted by Crippen LogP contribution is -2.64. The Kier molecular flexibility index (Phi) is 4.95. The predicted molar refractivity (Wildman–Crippen MR) is 112 cm³/mol. The van der Waals surface area contributed by atoms with Gasteiger partial charge in [-0.1, -0.05) is 13.8 Å². The number of rotatable bonds is 2. The molecule has 4 saturated carbocycles. The number of hydrogen-bond donors (Lipinski definition) is 0. The maximum absolute atomic E-state index is 13.8. The molecule has 8 atom stereocenters. The van der Waals surface area contributed by atoms with Crippen LogP contribution in [-0.4, -0.2) is 42.6 Å². The first kappa shape index (κ1) is 21.6. The summed E-state index contributed by atoms with van der Waals surface area (Å²) in [6.45, 7) is 8.61. The highest BCUT2D eigenvalue weighted by atomic mass is 16.7. The summed E-state index contributed by atoms with van der Waals surface area (Å²) in [5.41, 5.74) is -0.702. The molecule has 0 aromatic heterocycles. The third-order valence-electron chi connectivity index (χ3n) is 10.0. The molecule has 1 spiro atoms. The topological polar surface area (TPSA) is 78.9 Å². The summed E-state index contributed by atoms with van der Waals surface area (Å²) in [7, 11) is 0. The SMILES string of the molecule is CC(=O)O[C@@H]1C[C@]2(C)[C@@H](C(C)=O)CC[C@H]2[C@@H]2CC[C@@H]3CC4(CC(=O)[C@]3(C)[C@H]21)OCCO4. The van der Waals surface area contributed by atoms with Gasteiger partial charge in [0.25, 0.3) is 0 Å². The second-order valence-electron chi connectivity index (χ2n) is 11.4. The molecule has 0 bridgehead atoms. The summed E-state index contributed by atoms with van der Waals surface area (Å²) >= 11 is 0. The minimum atomic E-state index is -0.749. The molecule has 0 radical (unpaired) electrons. The van der Waals surface area contributed by atoms with Gasteiger partial charge in [0.1, 0.15) is 17.7 Å². The first-order chi connectivity index (χ1) is 14.6. The van der Waals surface area contributed by atoms with Gasteiger partial charge < -0.3 is 14.2 Å². The molecule has 1 saturated heterocycles. The Hall–Kier alpha value is -1.27. The fraction of sp³-hybridized carbons (Fsp3) is 0.880. The second kappa shape index (κ2) is 7.11. The fourth-order valence-corrected chi connectivity index (χ4v) is 8.85. The van der Waals surface area contributed by atoms with Crippen LogP contribution in [0.15, 0.2) is 0 Å². The molecular formula is C25H36O6. The molecule has 31 heavy (non-hydrogen) atoms. The van der Waals surface area contributed by atoms with Gasteiger partial charge in [0, 0.05) is 30.6 Å². The summed E-state index contributed by atoms with van der Waals surface area (Å²) in [6.07, 6.45) is 5.29. The van der Waals surface area contributed by atoms with Gasteiger partial charge in [-0.15, -0.1) is 0 Å². The van der Waals surface area contributed by atoms with E-state index in [-0.39, 0.29) is 53.2 Å². The van der Waals surface area contributed by atoms with Crippen LogP contribution in [0.1, 0.15) is 72.6 Å². The summed E-state index contributed by atoms with van der Waals surface area (Å²) < 4.78 is 17.8. The largest absolute Gasteiger partial charge is 0.462 e. The summed E-state index contributed by atoms with van der Waals surface area (Å²) in [5.74, 6) is 0.296. The monoisotopic (exact) mass is 432 g/mol. The van der Waals surface area contributed by atoms with E-state index >= 15 is 0 Å². The van der Waals surface area contributed by atoms with E-state index in [1.807, 2.05) is 0 Å². The van der Waals surface area contributed by atoms with E-state index in [9.17, 15) is 14.4 Å². The third kappa shape index (κ3) is 3.00. The number of esters is 1. The Bertz CT molecular complexity index is 800. The van der Waals surface area contributed by atoms with Crippen molar-refractivity contribution in [3.8, 4) is 0 Å². The molecule has 0 aromatic carbocycles. The van der Waals surface area contributed by atoms with E-state index in [0.29, 0.717) is 31.5 Å². The lowest BCUT2D eigenvalue weighted by Gasteiger charge is -2.62. The molecule has 6 nitrogen and oxygen atoms in total. The smallest absolute Gasteiger partial charge is 0.302 e. The fourth-order valence-electron chi connectivity index (χ4n) is 8.85. The predicted octanol–water partition coefficient (Wildman–Crippen LogP) is 3.70. The van der Waals surface area contributed by atoms with Crippen LogP contribution >= 0.6 is 0 Å². The van der Waals surface area contributed by atoms with Crippen LogP contribution in [0, 0.1) is 40.4 Å². The number of ketones is 2. The van der Waals surface area contributed by atoms with Crippen molar-refractivity contribution in [1.82, 2.24) is 0 Å². The molecule has 6 heteroatoms. The molecule has 0 aromatic rings. The van der Waals surface area contributed by atoms with Crippen LogP contribution < -0.4 is 0 Å². The van der Waals surface area contributed by atoms with Crippen molar-refractivity contribution >= 4 is 17.5 Å². The zero-order valence-corrected chi connectivity index (χ0v) is 19.3. The molecule has 0 N–H and O–H groups in total. The summed E-state index contributed by atoms with van der Waals surface area (Å²) in [5, 5.41) is 0. The van der Waals surface area contributed by atoms with Gasteiger partial charge in [-0.25, -0.2) is 0 Å². The first-order valence-electron chi connectivity index (χ1n) is 12.1. The Labute approximate surface area is 184 Å². The van der Waals surface area contributed by atoms with Crippen LogP contribution in [0.4, 0.5) is 0 Å². The normalized spacial score (nSPS) is 48.1. The van der Waals surface area contributed by atoms with Gasteiger partial charge in [0.2, 0.25) is 0 Å². The number of fused-ring (bicyclic) bond motifs is 5. The lowest BCUT2D eigenvalue weighted by atomic mass is 9.43. The van der Waals surface area contributed by atoms with E-state index in [1.54, 1.807) is 6.92 Å². The minimum absolute atomic E-state index is 0.00480. The Balaban J connectivity index is 1.53. The quantitative estimate of drug-likeness (QED) is 0.619. The summed E-state index contributed by atoms with van der Waals surface area (Å²) in [4.78, 5) is 38.4. The highest BCUT2D eigenvalue weighted by molar-refractivity contribution is 5.87. The van der Waals surface area contributed by atoms with Gasteiger partial charge in [-0.2, -0.15) is 0 Å². The molecule has 5 aliphatic rings. The van der Waals surface area contributed by atoms with Gasteiger partial charge in [-0.05, 0) is 62.2 Å². The standard InChI is InChI=1S/C25H36O6/c1-14(26)18-7-8-19-17-6-5-16-11-25(29-9-10-30-25)13-21(28)24(16,4)22(17)20(31-15(2)27)12-23(18,19)3/h16-20,22H,5-13H2,1-4H3/t16-,17+,18-,19+,20-,22-,23-,24-/m1/s1. The van der Waals surface area contributed by atoms with E-state index in [2.05, 4.69) is 13.8 Å². The van der Waals surface area contributed by atoms with Crippen LogP contribution in [-0.2, 0) is 28.6 Å². The Morgan fingerprint density at radius 1 is 1.00 bits per heavy atom. The molecule has 1 aliphatic heterocycles. The highest BCUT2D eigenvalue weighted by Crippen LogP contribution is 2.68. The Morgan fingerprint density at radius 2 is 1.71 bits per heavy atom. The number of carbonyl (C=O) groups excluding carboxylic acids is 3. The van der Waals surface area contributed by atoms with E-state index in [4.69, 9.17) is 14.2 Å². The molecule has 0 unspecified atom stereocenters. The van der Waals surface area contributed by atoms with Gasteiger partial charge >= 0.3 is 5.97 Å². The molecule has 5 fully saturated rings. The molecule has 1 heterocycles. The highest BCUT2D eigenvalue weighted by Gasteiger charge is 2.68. The maximum Gasteiger partial charge on any atom is 0.302 e. The molecular weight excluding hydrogens is 396 g/mol. The van der Waals surface area contributed by atoms with Crippen molar-refractivity contribution in [1.29, 1.82) is 0 Å². The van der Waals surface area contributed by atoms with Crippen molar-refractivity contribution in [2.45, 2.75) is 84.5 Å². The molecule has 5 rings (SSSR count). The number of Topliss-reactive ketones (excluding diaryl/α,β-unsaturated/α-hetero) is 2. The number of ether oxygens (including phenoxy) is 3. The van der Waals surface area contributed by atoms with Gasteiger partial charge in [0.05, 0.1) is 19.6 Å². The number of carbonyl (C=O) groups is 3. The average Bonchev–Trinajstić information content (AvgIpc) is 3.26. The van der Waals surface area contributed by atoms with Crippen LogP contribution in [0.25, 0.3) is 0 Å². The zero-order chi connectivity index (χ0) is 22.2. The van der Waals surface area contributed by atoms with Crippen molar-refractivity contribution in [2.24, 2.45) is 40.4 Å². The van der Waals surface area contributed by atoms with Crippen LogP contribution in [0.5, 0.6) is 0 Å². The van der Waals surface area contributed by atoms with E-state index in [0.717, 1.165) is 32.1 Å². The van der Waals surface area contributed by atoms with Crippen molar-refractivity contribution < 1.29 is 28.6 Å². The maximum atomic E-state index is 13.8. The van der Waals surface area contributed by atoms with Crippen molar-refractivity contribution in [3.63, 3.8) is 0 Å². The molecule has 0 amide bonds. The van der Waals surface area contributed by atoms with Gasteiger partial charge in [-0.3, -0.25) is 14.4 Å². The minimum Gasteiger partial charge on any atom is -0.462 e. The average molecular weight is 433 g/mol. The van der Waals surface area contributed by atoms with Crippen molar-refractivity contribution in [3.05, 3.63) is 0 Å². The third-order valence-corrected chi connectivity index (χ3v) is 10.0. The zero-order valence-electron chi connectivity index (χ0n) is 19.3. The molecule has 172 valence electrons. The van der Waals surface area contributed by atoms with Crippen LogP contribution in [0.3, 0.4) is 0 Å². The number of hydrogen-bond acceptors (Lipinski definition) is 6. The van der Waals surface area contributed by atoms with E-state index in [1.165, 1.54) is 6.92 Å². The second-order valence-corrected chi connectivity index (χ2v) is 11.4. The first-order valence-corrected chi connectivity index (χ1v) is 12.1.